The molecule has 0 saturated heterocycles. The molecule has 3 heteroatoms. The SMILES string of the molecule is CCN(c1c(F)cccc1CNCC(C)C)C1CC1. The van der Waals surface area contributed by atoms with E-state index in [1.165, 1.54) is 12.8 Å². The van der Waals surface area contributed by atoms with Gasteiger partial charge in [0.15, 0.2) is 0 Å². The predicted octanol–water partition coefficient (Wildman–Crippen LogP) is 3.56. The third kappa shape index (κ3) is 3.69. The van der Waals surface area contributed by atoms with Gasteiger partial charge in [-0.15, -0.1) is 0 Å². The van der Waals surface area contributed by atoms with Crippen molar-refractivity contribution in [3.05, 3.63) is 29.6 Å². The molecule has 1 N–H and O–H groups in total. The highest BCUT2D eigenvalue weighted by atomic mass is 19.1. The monoisotopic (exact) mass is 264 g/mol. The molecule has 0 radical (unpaired) electrons. The molecule has 1 saturated carbocycles. The van der Waals surface area contributed by atoms with Crippen molar-refractivity contribution in [3.8, 4) is 0 Å². The Labute approximate surface area is 116 Å². The number of benzene rings is 1. The first-order valence-electron chi connectivity index (χ1n) is 7.38. The molecule has 0 aromatic heterocycles. The molecule has 1 aromatic rings. The van der Waals surface area contributed by atoms with Crippen LogP contribution in [0.15, 0.2) is 18.2 Å². The number of para-hydroxylation sites is 1. The first-order chi connectivity index (χ1) is 9.13. The van der Waals surface area contributed by atoms with Gasteiger partial charge >= 0.3 is 0 Å². The Morgan fingerprint density at radius 1 is 1.37 bits per heavy atom. The highest BCUT2D eigenvalue weighted by molar-refractivity contribution is 5.56. The van der Waals surface area contributed by atoms with Crippen LogP contribution in [0.1, 0.15) is 39.2 Å². The molecule has 2 rings (SSSR count). The van der Waals surface area contributed by atoms with Crippen LogP contribution in [0.2, 0.25) is 0 Å². The summed E-state index contributed by atoms with van der Waals surface area (Å²) in [6.45, 7) is 9.06. The van der Waals surface area contributed by atoms with Crippen molar-refractivity contribution in [1.29, 1.82) is 0 Å². The van der Waals surface area contributed by atoms with E-state index in [0.29, 0.717) is 12.0 Å². The van der Waals surface area contributed by atoms with Crippen LogP contribution in [0, 0.1) is 11.7 Å². The second-order valence-electron chi connectivity index (χ2n) is 5.79. The van der Waals surface area contributed by atoms with E-state index in [-0.39, 0.29) is 5.82 Å². The van der Waals surface area contributed by atoms with Crippen LogP contribution < -0.4 is 10.2 Å². The lowest BCUT2D eigenvalue weighted by molar-refractivity contribution is 0.548. The molecule has 0 unspecified atom stereocenters. The molecule has 1 fully saturated rings. The predicted molar refractivity (Wildman–Crippen MR) is 79.0 cm³/mol. The van der Waals surface area contributed by atoms with E-state index in [1.807, 2.05) is 12.1 Å². The quantitative estimate of drug-likeness (QED) is 0.810. The molecule has 0 amide bonds. The molecule has 19 heavy (non-hydrogen) atoms. The average Bonchev–Trinajstić information content (AvgIpc) is 3.17. The third-order valence-corrected chi connectivity index (χ3v) is 3.55. The second-order valence-corrected chi connectivity index (χ2v) is 5.79. The largest absolute Gasteiger partial charge is 0.366 e. The summed E-state index contributed by atoms with van der Waals surface area (Å²) in [7, 11) is 0. The van der Waals surface area contributed by atoms with Crippen LogP contribution in [0.25, 0.3) is 0 Å². The molecule has 1 aliphatic carbocycles. The molecule has 0 heterocycles. The second kappa shape index (κ2) is 6.38. The number of nitrogens with one attached hydrogen (secondary N) is 1. The maximum Gasteiger partial charge on any atom is 0.146 e. The van der Waals surface area contributed by atoms with Gasteiger partial charge in [0.2, 0.25) is 0 Å². The lowest BCUT2D eigenvalue weighted by Gasteiger charge is -2.26. The van der Waals surface area contributed by atoms with Crippen molar-refractivity contribution in [2.75, 3.05) is 18.0 Å². The fraction of sp³-hybridized carbons (Fsp3) is 0.625. The first-order valence-corrected chi connectivity index (χ1v) is 7.38. The molecule has 0 atom stereocenters. The van der Waals surface area contributed by atoms with Crippen LogP contribution in [0.5, 0.6) is 0 Å². The van der Waals surface area contributed by atoms with Gasteiger partial charge in [-0.25, -0.2) is 4.39 Å². The molecular weight excluding hydrogens is 239 g/mol. The summed E-state index contributed by atoms with van der Waals surface area (Å²) in [4.78, 5) is 2.22. The highest BCUT2D eigenvalue weighted by Gasteiger charge is 2.30. The number of rotatable bonds is 7. The number of hydrogen-bond donors (Lipinski definition) is 1. The van der Waals surface area contributed by atoms with Crippen molar-refractivity contribution in [2.45, 2.75) is 46.2 Å². The number of hydrogen-bond acceptors (Lipinski definition) is 2. The van der Waals surface area contributed by atoms with Gasteiger partial charge in [-0.05, 0) is 43.9 Å². The summed E-state index contributed by atoms with van der Waals surface area (Å²) < 4.78 is 14.2. The number of anilines is 1. The van der Waals surface area contributed by atoms with Gasteiger partial charge in [0.25, 0.3) is 0 Å². The van der Waals surface area contributed by atoms with E-state index in [4.69, 9.17) is 0 Å². The summed E-state index contributed by atoms with van der Waals surface area (Å²) in [5.41, 5.74) is 1.89. The van der Waals surface area contributed by atoms with E-state index >= 15 is 0 Å². The molecule has 1 aliphatic rings. The minimum atomic E-state index is -0.0856. The molecule has 2 nitrogen and oxygen atoms in total. The standard InChI is InChI=1S/C16H25FN2/c1-4-19(14-8-9-14)16-13(6-5-7-15(16)17)11-18-10-12(2)3/h5-7,12,14,18H,4,8-11H2,1-3H3. The third-order valence-electron chi connectivity index (χ3n) is 3.55. The summed E-state index contributed by atoms with van der Waals surface area (Å²) >= 11 is 0. The molecule has 1 aromatic carbocycles. The fourth-order valence-electron chi connectivity index (χ4n) is 2.50. The minimum Gasteiger partial charge on any atom is -0.366 e. The molecule has 106 valence electrons. The summed E-state index contributed by atoms with van der Waals surface area (Å²) in [5, 5.41) is 3.41. The smallest absolute Gasteiger partial charge is 0.146 e. The zero-order chi connectivity index (χ0) is 13.8. The van der Waals surface area contributed by atoms with Gasteiger partial charge in [0.1, 0.15) is 5.82 Å². The Morgan fingerprint density at radius 3 is 2.68 bits per heavy atom. The van der Waals surface area contributed by atoms with Crippen molar-refractivity contribution >= 4 is 5.69 Å². The Balaban J connectivity index is 2.15. The molecular formula is C16H25FN2. The normalized spacial score (nSPS) is 15.0. The summed E-state index contributed by atoms with van der Waals surface area (Å²) in [6, 6.07) is 5.97. The Kier molecular flexibility index (Phi) is 4.81. The van der Waals surface area contributed by atoms with Gasteiger partial charge in [0, 0.05) is 19.1 Å². The fourth-order valence-corrected chi connectivity index (χ4v) is 2.50. The topological polar surface area (TPSA) is 15.3 Å². The zero-order valence-electron chi connectivity index (χ0n) is 12.2. The van der Waals surface area contributed by atoms with E-state index in [2.05, 4.69) is 31.0 Å². The first kappa shape index (κ1) is 14.3. The maximum absolute atomic E-state index is 14.2. The van der Waals surface area contributed by atoms with Crippen LogP contribution >= 0.6 is 0 Å². The maximum atomic E-state index is 14.2. The highest BCUT2D eigenvalue weighted by Crippen LogP contribution is 2.35. The summed E-state index contributed by atoms with van der Waals surface area (Å²) in [6.07, 6.45) is 2.39. The average molecular weight is 264 g/mol. The number of halogens is 1. The van der Waals surface area contributed by atoms with Crippen LogP contribution in [-0.4, -0.2) is 19.1 Å². The lowest BCUT2D eigenvalue weighted by Crippen LogP contribution is -2.29. The van der Waals surface area contributed by atoms with Gasteiger partial charge in [-0.1, -0.05) is 26.0 Å². The zero-order valence-corrected chi connectivity index (χ0v) is 12.2. The van der Waals surface area contributed by atoms with Gasteiger partial charge in [0.05, 0.1) is 5.69 Å². The number of nitrogens with zero attached hydrogens (tertiary/aromatic N) is 1. The van der Waals surface area contributed by atoms with Crippen molar-refractivity contribution in [2.24, 2.45) is 5.92 Å². The van der Waals surface area contributed by atoms with E-state index in [0.717, 1.165) is 30.9 Å². The van der Waals surface area contributed by atoms with E-state index < -0.39 is 0 Å². The van der Waals surface area contributed by atoms with Crippen molar-refractivity contribution in [1.82, 2.24) is 5.32 Å². The molecule has 0 spiro atoms. The van der Waals surface area contributed by atoms with Crippen molar-refractivity contribution < 1.29 is 4.39 Å². The Hall–Kier alpha value is -1.09. The van der Waals surface area contributed by atoms with Gasteiger partial charge in [-0.3, -0.25) is 0 Å². The van der Waals surface area contributed by atoms with E-state index in [1.54, 1.807) is 6.07 Å². The Morgan fingerprint density at radius 2 is 2.11 bits per heavy atom. The van der Waals surface area contributed by atoms with Crippen LogP contribution in [0.3, 0.4) is 0 Å². The van der Waals surface area contributed by atoms with Gasteiger partial charge < -0.3 is 10.2 Å². The van der Waals surface area contributed by atoms with Crippen LogP contribution in [-0.2, 0) is 6.54 Å². The van der Waals surface area contributed by atoms with Gasteiger partial charge in [-0.2, -0.15) is 0 Å². The van der Waals surface area contributed by atoms with E-state index in [9.17, 15) is 4.39 Å². The minimum absolute atomic E-state index is 0.0856. The Bertz CT molecular complexity index is 413. The molecule has 0 bridgehead atoms. The van der Waals surface area contributed by atoms with Crippen LogP contribution in [0.4, 0.5) is 10.1 Å². The molecule has 0 aliphatic heterocycles. The lowest BCUT2D eigenvalue weighted by atomic mass is 10.1. The summed E-state index contributed by atoms with van der Waals surface area (Å²) in [5.74, 6) is 0.528. The van der Waals surface area contributed by atoms with Crippen molar-refractivity contribution in [3.63, 3.8) is 0 Å².